The molecule has 1 N–H and O–H groups in total. The molecule has 0 saturated carbocycles. The minimum Gasteiger partial charge on any atom is -0.463 e. The van der Waals surface area contributed by atoms with Gasteiger partial charge < -0.3 is 14.6 Å². The van der Waals surface area contributed by atoms with Crippen molar-refractivity contribution in [3.63, 3.8) is 0 Å². The first kappa shape index (κ1) is 18.7. The minimum atomic E-state index is -0.403. The van der Waals surface area contributed by atoms with Gasteiger partial charge in [0.2, 0.25) is 5.91 Å². The molecule has 0 bridgehead atoms. The number of halogens is 1. The quantitative estimate of drug-likeness (QED) is 0.592. The number of aromatic nitrogens is 1. The molecule has 0 spiro atoms. The number of benzene rings is 1. The Morgan fingerprint density at radius 2 is 1.92 bits per heavy atom. The van der Waals surface area contributed by atoms with Crippen LogP contribution in [0.15, 0.2) is 57.9 Å². The van der Waals surface area contributed by atoms with Gasteiger partial charge in [-0.2, -0.15) is 0 Å². The second kappa shape index (κ2) is 8.98. The highest BCUT2D eigenvalue weighted by molar-refractivity contribution is 9.10. The Morgan fingerprint density at radius 1 is 1.20 bits per heavy atom. The van der Waals surface area contributed by atoms with E-state index in [9.17, 15) is 14.4 Å². The molecule has 25 heavy (non-hydrogen) atoms. The fraction of sp³-hybridized carbons (Fsp3) is 0.167. The highest BCUT2D eigenvalue weighted by atomic mass is 79.9. The standard InChI is InChI=1S/C18H17BrN2O4/c1-2-25-18(24)10-5-13-3-7-15(8-4-13)20-16(22)12-21-11-14(19)6-9-17(21)23/h3-11H,2,12H2,1H3,(H,20,22)/b10-5+. The first-order valence-corrected chi connectivity index (χ1v) is 8.38. The largest absolute Gasteiger partial charge is 0.463 e. The maximum absolute atomic E-state index is 12.1. The third kappa shape index (κ3) is 6.04. The molecular weight excluding hydrogens is 388 g/mol. The van der Waals surface area contributed by atoms with Crippen LogP contribution in [0.5, 0.6) is 0 Å². The Hall–Kier alpha value is -2.67. The number of rotatable bonds is 6. The number of anilines is 1. The number of esters is 1. The first-order valence-electron chi connectivity index (χ1n) is 7.58. The van der Waals surface area contributed by atoms with E-state index >= 15 is 0 Å². The number of nitrogens with zero attached hydrogens (tertiary/aromatic N) is 1. The topological polar surface area (TPSA) is 77.4 Å². The monoisotopic (exact) mass is 404 g/mol. The third-order valence-electron chi connectivity index (χ3n) is 3.15. The second-order valence-electron chi connectivity index (χ2n) is 5.07. The van der Waals surface area contributed by atoms with E-state index in [4.69, 9.17) is 4.74 Å². The van der Waals surface area contributed by atoms with Crippen molar-refractivity contribution in [1.82, 2.24) is 4.57 Å². The van der Waals surface area contributed by atoms with Gasteiger partial charge in [-0.3, -0.25) is 9.59 Å². The van der Waals surface area contributed by atoms with Crippen molar-refractivity contribution >= 4 is 39.6 Å². The van der Waals surface area contributed by atoms with Gasteiger partial charge in [-0.15, -0.1) is 0 Å². The molecule has 1 aromatic heterocycles. The van der Waals surface area contributed by atoms with Crippen LogP contribution < -0.4 is 10.9 Å². The predicted molar refractivity (Wildman–Crippen MR) is 99.1 cm³/mol. The molecule has 1 aromatic carbocycles. The number of ether oxygens (including phenoxy) is 1. The van der Waals surface area contributed by atoms with E-state index in [1.807, 2.05) is 0 Å². The Balaban J connectivity index is 1.96. The number of carbonyl (C=O) groups is 2. The molecule has 1 amide bonds. The fourth-order valence-electron chi connectivity index (χ4n) is 2.01. The lowest BCUT2D eigenvalue weighted by molar-refractivity contribution is -0.137. The molecule has 7 heteroatoms. The van der Waals surface area contributed by atoms with E-state index in [1.165, 1.54) is 16.7 Å². The average molecular weight is 405 g/mol. The molecule has 0 aliphatic carbocycles. The summed E-state index contributed by atoms with van der Waals surface area (Å²) in [5.41, 5.74) is 1.15. The van der Waals surface area contributed by atoms with E-state index < -0.39 is 5.97 Å². The van der Waals surface area contributed by atoms with Gasteiger partial charge >= 0.3 is 5.97 Å². The molecule has 0 aliphatic rings. The van der Waals surface area contributed by atoms with Gasteiger partial charge in [-0.05, 0) is 52.7 Å². The van der Waals surface area contributed by atoms with Crippen LogP contribution in [-0.2, 0) is 20.9 Å². The van der Waals surface area contributed by atoms with Crippen LogP contribution in [0.3, 0.4) is 0 Å². The zero-order valence-corrected chi connectivity index (χ0v) is 15.2. The minimum absolute atomic E-state index is 0.0806. The highest BCUT2D eigenvalue weighted by Crippen LogP contribution is 2.11. The summed E-state index contributed by atoms with van der Waals surface area (Å²) in [5.74, 6) is -0.714. The number of carbonyl (C=O) groups excluding carboxylic acids is 2. The van der Waals surface area contributed by atoms with E-state index in [-0.39, 0.29) is 18.0 Å². The van der Waals surface area contributed by atoms with Crippen molar-refractivity contribution in [2.24, 2.45) is 0 Å². The van der Waals surface area contributed by atoms with E-state index in [0.29, 0.717) is 12.3 Å². The Bertz CT molecular complexity index is 841. The second-order valence-corrected chi connectivity index (χ2v) is 5.98. The molecule has 2 aromatic rings. The van der Waals surface area contributed by atoms with Crippen LogP contribution in [0, 0.1) is 0 Å². The van der Waals surface area contributed by atoms with Crippen LogP contribution in [0.25, 0.3) is 6.08 Å². The van der Waals surface area contributed by atoms with E-state index in [0.717, 1.165) is 10.0 Å². The molecule has 0 radical (unpaired) electrons. The highest BCUT2D eigenvalue weighted by Gasteiger charge is 2.05. The molecule has 0 aliphatic heterocycles. The van der Waals surface area contributed by atoms with Gasteiger partial charge in [-0.1, -0.05) is 12.1 Å². The Morgan fingerprint density at radius 3 is 2.60 bits per heavy atom. The fourth-order valence-corrected chi connectivity index (χ4v) is 2.39. The number of amides is 1. The van der Waals surface area contributed by atoms with Crippen LogP contribution in [0.2, 0.25) is 0 Å². The summed E-state index contributed by atoms with van der Waals surface area (Å²) in [6.07, 6.45) is 4.53. The van der Waals surface area contributed by atoms with Gasteiger partial charge in [0.1, 0.15) is 6.54 Å². The van der Waals surface area contributed by atoms with E-state index in [2.05, 4.69) is 21.2 Å². The van der Waals surface area contributed by atoms with Gasteiger partial charge in [0.25, 0.3) is 5.56 Å². The molecule has 0 atom stereocenters. The van der Waals surface area contributed by atoms with Gasteiger partial charge in [0.15, 0.2) is 0 Å². The summed E-state index contributed by atoms with van der Waals surface area (Å²) in [6.45, 7) is 1.99. The van der Waals surface area contributed by atoms with Crippen molar-refractivity contribution in [2.75, 3.05) is 11.9 Å². The molecular formula is C18H17BrN2O4. The smallest absolute Gasteiger partial charge is 0.330 e. The summed E-state index contributed by atoms with van der Waals surface area (Å²) < 4.78 is 6.84. The van der Waals surface area contributed by atoms with Crippen LogP contribution in [0.1, 0.15) is 12.5 Å². The average Bonchev–Trinajstić information content (AvgIpc) is 2.58. The molecule has 0 unspecified atom stereocenters. The lowest BCUT2D eigenvalue weighted by Gasteiger charge is -2.08. The van der Waals surface area contributed by atoms with Gasteiger partial charge in [-0.25, -0.2) is 4.79 Å². The summed E-state index contributed by atoms with van der Waals surface area (Å²) in [6, 6.07) is 9.97. The van der Waals surface area contributed by atoms with Crippen molar-refractivity contribution in [3.8, 4) is 0 Å². The zero-order chi connectivity index (χ0) is 18.2. The number of nitrogens with one attached hydrogen (secondary N) is 1. The third-order valence-corrected chi connectivity index (χ3v) is 3.62. The van der Waals surface area contributed by atoms with Crippen molar-refractivity contribution in [3.05, 3.63) is 69.1 Å². The molecule has 1 heterocycles. The number of pyridine rings is 1. The van der Waals surface area contributed by atoms with Gasteiger partial charge in [0, 0.05) is 28.5 Å². The Labute approximate surface area is 153 Å². The molecule has 0 fully saturated rings. The van der Waals surface area contributed by atoms with Crippen molar-refractivity contribution in [1.29, 1.82) is 0 Å². The van der Waals surface area contributed by atoms with Crippen LogP contribution in [-0.4, -0.2) is 23.1 Å². The first-order chi connectivity index (χ1) is 12.0. The normalized spacial score (nSPS) is 10.6. The summed E-state index contributed by atoms with van der Waals surface area (Å²) in [4.78, 5) is 35.0. The molecule has 0 saturated heterocycles. The summed E-state index contributed by atoms with van der Waals surface area (Å²) in [5, 5.41) is 2.72. The molecule has 2 rings (SSSR count). The van der Waals surface area contributed by atoms with Gasteiger partial charge in [0.05, 0.1) is 6.61 Å². The zero-order valence-electron chi connectivity index (χ0n) is 13.6. The molecule has 6 nitrogen and oxygen atoms in total. The maximum Gasteiger partial charge on any atom is 0.330 e. The predicted octanol–water partition coefficient (Wildman–Crippen LogP) is 2.83. The lowest BCUT2D eigenvalue weighted by atomic mass is 10.2. The number of hydrogen-bond acceptors (Lipinski definition) is 4. The Kier molecular flexibility index (Phi) is 6.71. The van der Waals surface area contributed by atoms with Crippen LogP contribution >= 0.6 is 15.9 Å². The summed E-state index contributed by atoms with van der Waals surface area (Å²) in [7, 11) is 0. The SMILES string of the molecule is CCOC(=O)/C=C/c1ccc(NC(=O)Cn2cc(Br)ccc2=O)cc1. The maximum atomic E-state index is 12.1. The lowest BCUT2D eigenvalue weighted by Crippen LogP contribution is -2.26. The molecule has 130 valence electrons. The summed E-state index contributed by atoms with van der Waals surface area (Å²) >= 11 is 3.26. The van der Waals surface area contributed by atoms with Crippen molar-refractivity contribution in [2.45, 2.75) is 13.5 Å². The van der Waals surface area contributed by atoms with Crippen LogP contribution in [0.4, 0.5) is 5.69 Å². The number of hydrogen-bond donors (Lipinski definition) is 1. The van der Waals surface area contributed by atoms with Crippen molar-refractivity contribution < 1.29 is 14.3 Å². The van der Waals surface area contributed by atoms with E-state index in [1.54, 1.807) is 49.5 Å².